The lowest BCUT2D eigenvalue weighted by Crippen LogP contribution is -2.39. The molecule has 84 valence electrons. The van der Waals surface area contributed by atoms with Gasteiger partial charge in [0.1, 0.15) is 0 Å². The van der Waals surface area contributed by atoms with Crippen LogP contribution in [0.15, 0.2) is 0 Å². The van der Waals surface area contributed by atoms with Crippen molar-refractivity contribution in [2.75, 3.05) is 17.2 Å². The van der Waals surface area contributed by atoms with Gasteiger partial charge >= 0.3 is 0 Å². The third-order valence-electron chi connectivity index (χ3n) is 2.93. The van der Waals surface area contributed by atoms with E-state index in [2.05, 4.69) is 21.2 Å². The van der Waals surface area contributed by atoms with Gasteiger partial charge < -0.3 is 10.6 Å². The Hall–Kier alpha value is -0.840. The number of piperidine rings is 1. The smallest absolute Gasteiger partial charge is 0.233 e. The Bertz CT molecular complexity index is 310. The van der Waals surface area contributed by atoms with Crippen LogP contribution in [0.4, 0.5) is 11.1 Å². The van der Waals surface area contributed by atoms with Gasteiger partial charge in [-0.15, -0.1) is 0 Å². The Morgan fingerprint density at radius 2 is 2.40 bits per heavy atom. The number of hydrogen-bond acceptors (Lipinski definition) is 5. The van der Waals surface area contributed by atoms with Gasteiger partial charge in [-0.1, -0.05) is 13.3 Å². The summed E-state index contributed by atoms with van der Waals surface area (Å²) in [5.74, 6) is 0.413. The molecule has 1 aliphatic rings. The van der Waals surface area contributed by atoms with Crippen molar-refractivity contribution in [2.45, 2.75) is 45.1 Å². The number of aromatic nitrogens is 2. The molecule has 1 aliphatic heterocycles. The third-order valence-corrected chi connectivity index (χ3v) is 3.69. The monoisotopic (exact) mass is 226 g/mol. The van der Waals surface area contributed by atoms with E-state index in [4.69, 9.17) is 5.73 Å². The van der Waals surface area contributed by atoms with E-state index in [1.54, 1.807) is 0 Å². The molecule has 5 heteroatoms. The number of nitrogens with two attached hydrogens (primary N) is 1. The van der Waals surface area contributed by atoms with E-state index in [-0.39, 0.29) is 0 Å². The molecule has 0 amide bonds. The Balaban J connectivity index is 2.10. The van der Waals surface area contributed by atoms with Gasteiger partial charge in [0.25, 0.3) is 0 Å². The van der Waals surface area contributed by atoms with Crippen LogP contribution in [0.25, 0.3) is 0 Å². The molecule has 1 atom stereocenters. The summed E-state index contributed by atoms with van der Waals surface area (Å²) >= 11 is 1.43. The van der Waals surface area contributed by atoms with Gasteiger partial charge in [0, 0.05) is 24.1 Å². The first-order valence-electron chi connectivity index (χ1n) is 5.67. The molecule has 0 radical (unpaired) electrons. The summed E-state index contributed by atoms with van der Waals surface area (Å²) < 4.78 is 4.05. The highest BCUT2D eigenvalue weighted by Crippen LogP contribution is 2.28. The average Bonchev–Trinajstić information content (AvgIpc) is 2.66. The molecule has 4 nitrogen and oxygen atoms in total. The molecule has 0 aromatic carbocycles. The summed E-state index contributed by atoms with van der Waals surface area (Å²) in [6, 6.07) is 0.649. The van der Waals surface area contributed by atoms with Crippen molar-refractivity contribution < 1.29 is 0 Å². The minimum absolute atomic E-state index is 0.413. The number of nitrogen functional groups attached to an aromatic ring is 1. The highest BCUT2D eigenvalue weighted by molar-refractivity contribution is 7.09. The lowest BCUT2D eigenvalue weighted by molar-refractivity contribution is 0.434. The summed E-state index contributed by atoms with van der Waals surface area (Å²) in [5.41, 5.74) is 5.57. The highest BCUT2D eigenvalue weighted by Gasteiger charge is 2.24. The lowest BCUT2D eigenvalue weighted by atomic mass is 9.99. The molecule has 2 heterocycles. The first-order chi connectivity index (χ1) is 7.31. The van der Waals surface area contributed by atoms with Crippen molar-refractivity contribution in [3.05, 3.63) is 0 Å². The second kappa shape index (κ2) is 4.79. The van der Waals surface area contributed by atoms with Crippen molar-refractivity contribution >= 4 is 22.6 Å². The van der Waals surface area contributed by atoms with E-state index in [9.17, 15) is 0 Å². The SMILES string of the molecule is CCCC1CCCCN1c1nc(N)ns1. The Morgan fingerprint density at radius 1 is 1.53 bits per heavy atom. The normalized spacial score (nSPS) is 21.9. The van der Waals surface area contributed by atoms with Crippen molar-refractivity contribution in [1.82, 2.24) is 9.36 Å². The van der Waals surface area contributed by atoms with Gasteiger partial charge in [-0.3, -0.25) is 0 Å². The minimum atomic E-state index is 0.413. The van der Waals surface area contributed by atoms with Crippen LogP contribution in [0, 0.1) is 0 Å². The highest BCUT2D eigenvalue weighted by atomic mass is 32.1. The summed E-state index contributed by atoms with van der Waals surface area (Å²) in [4.78, 5) is 6.67. The third kappa shape index (κ3) is 2.40. The number of rotatable bonds is 3. The fourth-order valence-electron chi connectivity index (χ4n) is 2.23. The molecule has 1 aromatic heterocycles. The number of anilines is 2. The molecule has 0 aliphatic carbocycles. The van der Waals surface area contributed by atoms with Crippen molar-refractivity contribution in [3.8, 4) is 0 Å². The molecule has 1 unspecified atom stereocenters. The second-order valence-electron chi connectivity index (χ2n) is 4.07. The second-order valence-corrected chi connectivity index (χ2v) is 4.80. The van der Waals surface area contributed by atoms with E-state index in [1.165, 1.54) is 43.6 Å². The molecule has 1 saturated heterocycles. The van der Waals surface area contributed by atoms with E-state index >= 15 is 0 Å². The van der Waals surface area contributed by atoms with Crippen LogP contribution < -0.4 is 10.6 Å². The van der Waals surface area contributed by atoms with Crippen LogP contribution >= 0.6 is 11.5 Å². The van der Waals surface area contributed by atoms with Crippen LogP contribution in [-0.4, -0.2) is 21.9 Å². The summed E-state index contributed by atoms with van der Waals surface area (Å²) in [7, 11) is 0. The van der Waals surface area contributed by atoms with Gasteiger partial charge in [-0.05, 0) is 25.7 Å². The average molecular weight is 226 g/mol. The quantitative estimate of drug-likeness (QED) is 0.859. The maximum absolute atomic E-state index is 5.57. The maximum Gasteiger partial charge on any atom is 0.233 e. The molecule has 2 N–H and O–H groups in total. The zero-order chi connectivity index (χ0) is 10.7. The van der Waals surface area contributed by atoms with Crippen molar-refractivity contribution in [3.63, 3.8) is 0 Å². The van der Waals surface area contributed by atoms with Gasteiger partial charge in [0.05, 0.1) is 0 Å². The van der Waals surface area contributed by atoms with Crippen LogP contribution in [0.3, 0.4) is 0 Å². The van der Waals surface area contributed by atoms with Crippen LogP contribution in [0.5, 0.6) is 0 Å². The molecule has 0 spiro atoms. The fourth-order valence-corrected chi connectivity index (χ4v) is 2.92. The predicted molar refractivity (Wildman–Crippen MR) is 64.2 cm³/mol. The molecule has 1 aromatic rings. The molecule has 1 fully saturated rings. The van der Waals surface area contributed by atoms with Crippen LogP contribution in [0.2, 0.25) is 0 Å². The molecular weight excluding hydrogens is 208 g/mol. The zero-order valence-electron chi connectivity index (χ0n) is 9.15. The Morgan fingerprint density at radius 3 is 3.07 bits per heavy atom. The predicted octanol–water partition coefficient (Wildman–Crippen LogP) is 2.28. The van der Waals surface area contributed by atoms with Crippen molar-refractivity contribution in [1.29, 1.82) is 0 Å². The van der Waals surface area contributed by atoms with Gasteiger partial charge in [-0.2, -0.15) is 9.36 Å². The minimum Gasteiger partial charge on any atom is -0.367 e. The van der Waals surface area contributed by atoms with Gasteiger partial charge in [0.15, 0.2) is 0 Å². The first kappa shape index (κ1) is 10.7. The Kier molecular flexibility index (Phi) is 3.41. The maximum atomic E-state index is 5.57. The molecule has 0 saturated carbocycles. The standard InChI is InChI=1S/C10H18N4S/c1-2-5-8-6-3-4-7-14(8)10-12-9(11)13-15-10/h8H,2-7H2,1H3,(H2,11,13). The first-order valence-corrected chi connectivity index (χ1v) is 6.44. The van der Waals surface area contributed by atoms with Crippen LogP contribution in [0.1, 0.15) is 39.0 Å². The lowest BCUT2D eigenvalue weighted by Gasteiger charge is -2.35. The summed E-state index contributed by atoms with van der Waals surface area (Å²) in [6.45, 7) is 3.35. The number of hydrogen-bond donors (Lipinski definition) is 1. The fraction of sp³-hybridized carbons (Fsp3) is 0.800. The zero-order valence-corrected chi connectivity index (χ0v) is 9.96. The van der Waals surface area contributed by atoms with Gasteiger partial charge in [-0.25, -0.2) is 0 Å². The summed E-state index contributed by atoms with van der Waals surface area (Å²) in [5, 5.41) is 1.01. The molecule has 15 heavy (non-hydrogen) atoms. The summed E-state index contributed by atoms with van der Waals surface area (Å²) in [6.07, 6.45) is 6.37. The van der Waals surface area contributed by atoms with Crippen LogP contribution in [-0.2, 0) is 0 Å². The molecule has 2 rings (SSSR count). The largest absolute Gasteiger partial charge is 0.367 e. The Labute approximate surface area is 94.7 Å². The van der Waals surface area contributed by atoms with E-state index in [0.717, 1.165) is 11.7 Å². The van der Waals surface area contributed by atoms with E-state index in [0.29, 0.717) is 12.0 Å². The van der Waals surface area contributed by atoms with E-state index in [1.807, 2.05) is 0 Å². The molecule has 0 bridgehead atoms. The molecular formula is C10H18N4S. The van der Waals surface area contributed by atoms with Gasteiger partial charge in [0.2, 0.25) is 11.1 Å². The number of nitrogens with zero attached hydrogens (tertiary/aromatic N) is 3. The topological polar surface area (TPSA) is 55.0 Å². The van der Waals surface area contributed by atoms with E-state index < -0.39 is 0 Å². The van der Waals surface area contributed by atoms with Crippen molar-refractivity contribution in [2.24, 2.45) is 0 Å².